The molecule has 1 saturated heterocycles. The Morgan fingerprint density at radius 2 is 2.04 bits per heavy atom. The van der Waals surface area contributed by atoms with Crippen molar-refractivity contribution in [3.05, 3.63) is 34.8 Å². The third kappa shape index (κ3) is 4.17. The highest BCUT2D eigenvalue weighted by atomic mass is 32.1. The first kappa shape index (κ1) is 18.1. The van der Waals surface area contributed by atoms with Crippen molar-refractivity contribution in [2.75, 3.05) is 44.4 Å². The smallest absolute Gasteiger partial charge is 0.263 e. The summed E-state index contributed by atoms with van der Waals surface area (Å²) < 4.78 is 10.8. The lowest BCUT2D eigenvalue weighted by atomic mass is 10.1. The van der Waals surface area contributed by atoms with Gasteiger partial charge in [0.1, 0.15) is 4.88 Å². The van der Waals surface area contributed by atoms with E-state index in [0.29, 0.717) is 18.2 Å². The second kappa shape index (κ2) is 8.14. The van der Waals surface area contributed by atoms with Gasteiger partial charge >= 0.3 is 0 Å². The van der Waals surface area contributed by atoms with Crippen LogP contribution in [0.4, 0.5) is 5.13 Å². The van der Waals surface area contributed by atoms with Gasteiger partial charge < -0.3 is 19.7 Å². The molecule has 8 heteroatoms. The van der Waals surface area contributed by atoms with Crippen LogP contribution >= 0.6 is 11.3 Å². The molecule has 0 spiro atoms. The Bertz CT molecular complexity index is 802. The molecule has 0 aliphatic carbocycles. The maximum absolute atomic E-state index is 12.0. The predicted octanol–water partition coefficient (Wildman–Crippen LogP) is 2.33. The van der Waals surface area contributed by atoms with Crippen LogP contribution in [0.2, 0.25) is 0 Å². The summed E-state index contributed by atoms with van der Waals surface area (Å²) in [5.74, 6) is 1.64. The molecule has 0 bridgehead atoms. The molecule has 2 aromatic rings. The van der Waals surface area contributed by atoms with Gasteiger partial charge in [0.05, 0.1) is 6.20 Å². The molecule has 144 valence electrons. The number of piperazine rings is 1. The zero-order chi connectivity index (χ0) is 18.6. The van der Waals surface area contributed by atoms with E-state index in [1.54, 1.807) is 6.20 Å². The van der Waals surface area contributed by atoms with Gasteiger partial charge in [-0.3, -0.25) is 9.69 Å². The minimum absolute atomic E-state index is 0.0259. The first-order chi connectivity index (χ1) is 13.2. The maximum Gasteiger partial charge on any atom is 0.263 e. The highest BCUT2D eigenvalue weighted by Crippen LogP contribution is 2.33. The number of benzene rings is 1. The van der Waals surface area contributed by atoms with E-state index in [1.165, 1.54) is 16.9 Å². The first-order valence-electron chi connectivity index (χ1n) is 9.33. The fourth-order valence-electron chi connectivity index (χ4n) is 3.24. The van der Waals surface area contributed by atoms with Crippen molar-refractivity contribution in [1.29, 1.82) is 0 Å². The summed E-state index contributed by atoms with van der Waals surface area (Å²) in [5.41, 5.74) is 1.23. The molecule has 3 heterocycles. The van der Waals surface area contributed by atoms with Crippen LogP contribution in [0, 0.1) is 0 Å². The number of amides is 1. The van der Waals surface area contributed by atoms with E-state index in [9.17, 15) is 4.79 Å². The SMILES string of the molecule is CCCNC(=O)c1cnc(N2CCN(Cc3ccc4c(c3)OCO4)CC2)s1. The van der Waals surface area contributed by atoms with Crippen LogP contribution in [-0.4, -0.2) is 55.3 Å². The molecular formula is C19H24N4O3S. The number of thiazole rings is 1. The van der Waals surface area contributed by atoms with E-state index < -0.39 is 0 Å². The monoisotopic (exact) mass is 388 g/mol. The summed E-state index contributed by atoms with van der Waals surface area (Å²) in [6.45, 7) is 7.70. The lowest BCUT2D eigenvalue weighted by Gasteiger charge is -2.34. The average Bonchev–Trinajstić information content (AvgIpc) is 3.36. The zero-order valence-corrected chi connectivity index (χ0v) is 16.3. The van der Waals surface area contributed by atoms with Crippen LogP contribution in [0.3, 0.4) is 0 Å². The molecule has 0 radical (unpaired) electrons. The lowest BCUT2D eigenvalue weighted by molar-refractivity contribution is 0.0957. The number of fused-ring (bicyclic) bond motifs is 1. The van der Waals surface area contributed by atoms with Crippen LogP contribution in [-0.2, 0) is 6.54 Å². The van der Waals surface area contributed by atoms with Crippen molar-refractivity contribution in [1.82, 2.24) is 15.2 Å². The number of aromatic nitrogens is 1. The number of anilines is 1. The van der Waals surface area contributed by atoms with Crippen molar-refractivity contribution < 1.29 is 14.3 Å². The summed E-state index contributed by atoms with van der Waals surface area (Å²) in [7, 11) is 0. The molecule has 0 unspecified atom stereocenters. The van der Waals surface area contributed by atoms with Gasteiger partial charge in [0, 0.05) is 39.3 Å². The Morgan fingerprint density at radius 1 is 1.22 bits per heavy atom. The molecule has 0 atom stereocenters. The molecule has 1 amide bonds. The van der Waals surface area contributed by atoms with E-state index in [1.807, 2.05) is 13.0 Å². The van der Waals surface area contributed by atoms with Gasteiger partial charge in [0.2, 0.25) is 6.79 Å². The Hall–Kier alpha value is -2.32. The van der Waals surface area contributed by atoms with E-state index in [2.05, 4.69) is 32.2 Å². The number of hydrogen-bond acceptors (Lipinski definition) is 7. The van der Waals surface area contributed by atoms with Crippen molar-refractivity contribution in [3.63, 3.8) is 0 Å². The third-order valence-electron chi connectivity index (χ3n) is 4.74. The minimum atomic E-state index is -0.0259. The standard InChI is InChI=1S/C19H24N4O3S/c1-2-5-20-18(24)17-11-21-19(27-17)23-8-6-22(7-9-23)12-14-3-4-15-16(10-14)26-13-25-15/h3-4,10-11H,2,5-9,12-13H2,1H3,(H,20,24). The van der Waals surface area contributed by atoms with Crippen LogP contribution < -0.4 is 19.7 Å². The van der Waals surface area contributed by atoms with E-state index in [0.717, 1.165) is 55.8 Å². The third-order valence-corrected chi connectivity index (χ3v) is 5.80. The summed E-state index contributed by atoms with van der Waals surface area (Å²) in [6, 6.07) is 6.15. The van der Waals surface area contributed by atoms with E-state index >= 15 is 0 Å². The van der Waals surface area contributed by atoms with Gasteiger partial charge in [-0.25, -0.2) is 4.98 Å². The fourth-order valence-corrected chi connectivity index (χ4v) is 4.12. The van der Waals surface area contributed by atoms with Gasteiger partial charge in [-0.1, -0.05) is 24.3 Å². The van der Waals surface area contributed by atoms with Gasteiger partial charge in [-0.2, -0.15) is 0 Å². The molecule has 27 heavy (non-hydrogen) atoms. The van der Waals surface area contributed by atoms with Crippen molar-refractivity contribution in [2.45, 2.75) is 19.9 Å². The highest BCUT2D eigenvalue weighted by Gasteiger charge is 2.21. The highest BCUT2D eigenvalue weighted by molar-refractivity contribution is 7.17. The number of rotatable bonds is 6. The van der Waals surface area contributed by atoms with Crippen LogP contribution in [0.15, 0.2) is 24.4 Å². The molecule has 7 nitrogen and oxygen atoms in total. The summed E-state index contributed by atoms with van der Waals surface area (Å²) in [4.78, 5) is 21.9. The molecule has 2 aliphatic heterocycles. The van der Waals surface area contributed by atoms with E-state index in [4.69, 9.17) is 9.47 Å². The van der Waals surface area contributed by atoms with Gasteiger partial charge in [-0.15, -0.1) is 0 Å². The first-order valence-corrected chi connectivity index (χ1v) is 10.1. The molecule has 1 aromatic heterocycles. The largest absolute Gasteiger partial charge is 0.454 e. The molecule has 2 aliphatic rings. The topological polar surface area (TPSA) is 66.9 Å². The molecule has 1 fully saturated rings. The predicted molar refractivity (Wildman–Crippen MR) is 105 cm³/mol. The van der Waals surface area contributed by atoms with Gasteiger partial charge in [-0.05, 0) is 24.1 Å². The van der Waals surface area contributed by atoms with Crippen LogP contribution in [0.5, 0.6) is 11.5 Å². The van der Waals surface area contributed by atoms with Crippen LogP contribution in [0.1, 0.15) is 28.6 Å². The second-order valence-corrected chi connectivity index (χ2v) is 7.72. The summed E-state index contributed by atoms with van der Waals surface area (Å²) in [5, 5.41) is 3.83. The number of nitrogens with one attached hydrogen (secondary N) is 1. The Labute approximate surface area is 162 Å². The number of carbonyl (C=O) groups is 1. The molecule has 0 saturated carbocycles. The quantitative estimate of drug-likeness (QED) is 0.819. The fraction of sp³-hybridized carbons (Fsp3) is 0.474. The van der Waals surface area contributed by atoms with Gasteiger partial charge in [0.25, 0.3) is 5.91 Å². The normalized spacial score (nSPS) is 16.6. The van der Waals surface area contributed by atoms with Gasteiger partial charge in [0.15, 0.2) is 16.6 Å². The Morgan fingerprint density at radius 3 is 2.85 bits per heavy atom. The molecular weight excluding hydrogens is 364 g/mol. The lowest BCUT2D eigenvalue weighted by Crippen LogP contribution is -2.45. The number of hydrogen-bond donors (Lipinski definition) is 1. The Kier molecular flexibility index (Phi) is 5.45. The summed E-state index contributed by atoms with van der Waals surface area (Å²) in [6.07, 6.45) is 2.62. The molecule has 1 aromatic carbocycles. The maximum atomic E-state index is 12.0. The number of nitrogens with zero attached hydrogens (tertiary/aromatic N) is 3. The zero-order valence-electron chi connectivity index (χ0n) is 15.4. The van der Waals surface area contributed by atoms with Crippen molar-refractivity contribution >= 4 is 22.4 Å². The Balaban J connectivity index is 1.30. The van der Waals surface area contributed by atoms with Crippen molar-refractivity contribution in [3.8, 4) is 11.5 Å². The minimum Gasteiger partial charge on any atom is -0.454 e. The number of ether oxygens (including phenoxy) is 2. The van der Waals surface area contributed by atoms with E-state index in [-0.39, 0.29) is 5.91 Å². The average molecular weight is 388 g/mol. The second-order valence-electron chi connectivity index (χ2n) is 6.71. The summed E-state index contributed by atoms with van der Waals surface area (Å²) >= 11 is 1.47. The van der Waals surface area contributed by atoms with Crippen LogP contribution in [0.25, 0.3) is 0 Å². The molecule has 4 rings (SSSR count). The van der Waals surface area contributed by atoms with Crippen molar-refractivity contribution in [2.24, 2.45) is 0 Å². The number of carbonyl (C=O) groups excluding carboxylic acids is 1. The molecule has 1 N–H and O–H groups in total.